The molecule has 0 saturated carbocycles. The molecule has 5 heteroatoms. The lowest BCUT2D eigenvalue weighted by Crippen LogP contribution is -2.48. The van der Waals surface area contributed by atoms with Crippen LogP contribution in [0.15, 0.2) is 18.3 Å². The van der Waals surface area contributed by atoms with Crippen molar-refractivity contribution in [2.24, 2.45) is 0 Å². The number of ether oxygens (including phenoxy) is 1. The number of nitrogens with one attached hydrogen (secondary N) is 1. The highest BCUT2D eigenvalue weighted by atomic mass is 16.6. The van der Waals surface area contributed by atoms with Gasteiger partial charge in [-0.1, -0.05) is 19.8 Å². The van der Waals surface area contributed by atoms with Gasteiger partial charge in [-0.15, -0.1) is 0 Å². The molecular weight excluding hydrogens is 278 g/mol. The van der Waals surface area contributed by atoms with Gasteiger partial charge in [-0.3, -0.25) is 9.80 Å². The molecule has 1 atom stereocenters. The summed E-state index contributed by atoms with van der Waals surface area (Å²) in [6, 6.07) is 4.83. The van der Waals surface area contributed by atoms with E-state index < -0.39 is 0 Å². The number of hydrogen-bond acceptors (Lipinski definition) is 3. The van der Waals surface area contributed by atoms with Crippen LogP contribution in [0.2, 0.25) is 0 Å². The quantitative estimate of drug-likeness (QED) is 0.879. The first-order valence-corrected chi connectivity index (χ1v) is 8.57. The maximum atomic E-state index is 12.1. The molecule has 2 aliphatic heterocycles. The summed E-state index contributed by atoms with van der Waals surface area (Å²) >= 11 is 0. The van der Waals surface area contributed by atoms with Gasteiger partial charge in [-0.05, 0) is 31.4 Å². The summed E-state index contributed by atoms with van der Waals surface area (Å²) in [6.07, 6.45) is 7.41. The van der Waals surface area contributed by atoms with Crippen LogP contribution in [0.5, 0.6) is 0 Å². The van der Waals surface area contributed by atoms with Gasteiger partial charge in [0.05, 0.1) is 6.04 Å². The number of nitrogens with zero attached hydrogens (tertiary/aromatic N) is 2. The monoisotopic (exact) mass is 305 g/mol. The predicted octanol–water partition coefficient (Wildman–Crippen LogP) is 2.99. The summed E-state index contributed by atoms with van der Waals surface area (Å²) < 4.78 is 5.31. The first-order valence-electron chi connectivity index (χ1n) is 8.57. The van der Waals surface area contributed by atoms with Crippen molar-refractivity contribution in [1.29, 1.82) is 0 Å². The fourth-order valence-electron chi connectivity index (χ4n) is 3.64. The van der Waals surface area contributed by atoms with Gasteiger partial charge in [0.2, 0.25) is 0 Å². The third-order valence-corrected chi connectivity index (χ3v) is 4.90. The second-order valence-electron chi connectivity index (χ2n) is 6.48. The lowest BCUT2D eigenvalue weighted by atomic mass is 10.00. The third kappa shape index (κ3) is 3.46. The van der Waals surface area contributed by atoms with Crippen LogP contribution in [0.3, 0.4) is 0 Å². The van der Waals surface area contributed by atoms with Gasteiger partial charge in [-0.2, -0.15) is 0 Å². The molecule has 122 valence electrons. The Bertz CT molecular complexity index is 466. The Labute approximate surface area is 132 Å². The molecule has 2 saturated heterocycles. The first kappa shape index (κ1) is 15.4. The van der Waals surface area contributed by atoms with Crippen molar-refractivity contribution in [1.82, 2.24) is 14.8 Å². The van der Waals surface area contributed by atoms with Gasteiger partial charge in [0, 0.05) is 37.6 Å². The zero-order valence-electron chi connectivity index (χ0n) is 13.5. The summed E-state index contributed by atoms with van der Waals surface area (Å²) in [4.78, 5) is 19.8. The van der Waals surface area contributed by atoms with E-state index in [1.165, 1.54) is 18.5 Å². The van der Waals surface area contributed by atoms with E-state index in [1.807, 2.05) is 17.2 Å². The number of likely N-dealkylation sites (tertiary alicyclic amines) is 1. The average Bonchev–Trinajstić information content (AvgIpc) is 3.16. The molecule has 1 unspecified atom stereocenters. The number of rotatable bonds is 6. The van der Waals surface area contributed by atoms with Crippen LogP contribution >= 0.6 is 0 Å². The van der Waals surface area contributed by atoms with Crippen LogP contribution in [-0.2, 0) is 11.3 Å². The number of aromatic nitrogens is 1. The smallest absolute Gasteiger partial charge is 0.410 e. The van der Waals surface area contributed by atoms with Crippen LogP contribution in [0.4, 0.5) is 4.79 Å². The summed E-state index contributed by atoms with van der Waals surface area (Å²) in [5, 5.41) is 0. The summed E-state index contributed by atoms with van der Waals surface area (Å²) in [5.74, 6) is 0. The normalized spacial score (nSPS) is 24.0. The Kier molecular flexibility index (Phi) is 5.03. The van der Waals surface area contributed by atoms with Gasteiger partial charge >= 0.3 is 6.09 Å². The number of carbonyl (C=O) groups excluding carboxylic acids is 1. The second-order valence-corrected chi connectivity index (χ2v) is 6.48. The number of cyclic esters (lactones) is 1. The van der Waals surface area contributed by atoms with E-state index in [-0.39, 0.29) is 6.09 Å². The molecule has 0 radical (unpaired) electrons. The highest BCUT2D eigenvalue weighted by Gasteiger charge is 2.38. The number of hydrogen-bond donors (Lipinski definition) is 1. The number of aromatic amines is 1. The summed E-state index contributed by atoms with van der Waals surface area (Å²) in [6.45, 7) is 5.86. The van der Waals surface area contributed by atoms with Gasteiger partial charge < -0.3 is 9.72 Å². The molecule has 2 aliphatic rings. The van der Waals surface area contributed by atoms with E-state index in [0.717, 1.165) is 38.9 Å². The SMILES string of the molecule is CCCCC1COC(=O)N1C1CCN(Cc2ccc[nH]2)CC1. The molecule has 3 heterocycles. The fourth-order valence-corrected chi connectivity index (χ4v) is 3.64. The minimum atomic E-state index is -0.0936. The van der Waals surface area contributed by atoms with Crippen molar-refractivity contribution < 1.29 is 9.53 Å². The minimum absolute atomic E-state index is 0.0936. The molecule has 0 bridgehead atoms. The Hall–Kier alpha value is -1.49. The Morgan fingerprint density at radius 3 is 2.86 bits per heavy atom. The molecule has 0 aliphatic carbocycles. The zero-order chi connectivity index (χ0) is 15.4. The summed E-state index contributed by atoms with van der Waals surface area (Å²) in [5.41, 5.74) is 1.26. The van der Waals surface area contributed by atoms with Gasteiger partial charge in [0.15, 0.2) is 0 Å². The van der Waals surface area contributed by atoms with Crippen molar-refractivity contribution >= 4 is 6.09 Å². The van der Waals surface area contributed by atoms with Gasteiger partial charge in [0.1, 0.15) is 6.61 Å². The molecule has 1 amide bonds. The van der Waals surface area contributed by atoms with Crippen molar-refractivity contribution in [3.63, 3.8) is 0 Å². The molecule has 1 N–H and O–H groups in total. The van der Waals surface area contributed by atoms with Crippen LogP contribution in [0, 0.1) is 0 Å². The predicted molar refractivity (Wildman–Crippen MR) is 85.6 cm³/mol. The Morgan fingerprint density at radius 2 is 2.18 bits per heavy atom. The van der Waals surface area contributed by atoms with Gasteiger partial charge in [-0.25, -0.2) is 4.79 Å². The maximum absolute atomic E-state index is 12.1. The Morgan fingerprint density at radius 1 is 1.36 bits per heavy atom. The number of amides is 1. The molecule has 22 heavy (non-hydrogen) atoms. The maximum Gasteiger partial charge on any atom is 0.410 e. The molecule has 2 fully saturated rings. The van der Waals surface area contributed by atoms with E-state index in [1.54, 1.807) is 0 Å². The second kappa shape index (κ2) is 7.18. The highest BCUT2D eigenvalue weighted by molar-refractivity contribution is 5.70. The largest absolute Gasteiger partial charge is 0.447 e. The average molecular weight is 305 g/mol. The molecule has 0 aromatic carbocycles. The van der Waals surface area contributed by atoms with Crippen LogP contribution in [-0.4, -0.2) is 52.7 Å². The van der Waals surface area contributed by atoms with Crippen molar-refractivity contribution in [2.45, 2.75) is 57.7 Å². The van der Waals surface area contributed by atoms with E-state index in [0.29, 0.717) is 18.7 Å². The zero-order valence-corrected chi connectivity index (χ0v) is 13.5. The fraction of sp³-hybridized carbons (Fsp3) is 0.706. The molecule has 5 nitrogen and oxygen atoms in total. The number of piperidine rings is 1. The minimum Gasteiger partial charge on any atom is -0.447 e. The summed E-state index contributed by atoms with van der Waals surface area (Å²) in [7, 11) is 0. The third-order valence-electron chi connectivity index (χ3n) is 4.90. The van der Waals surface area contributed by atoms with Crippen molar-refractivity contribution in [2.75, 3.05) is 19.7 Å². The molecule has 1 aromatic heterocycles. The molecule has 3 rings (SSSR count). The lowest BCUT2D eigenvalue weighted by molar-refractivity contribution is 0.102. The van der Waals surface area contributed by atoms with E-state index >= 15 is 0 Å². The van der Waals surface area contributed by atoms with Crippen molar-refractivity contribution in [3.8, 4) is 0 Å². The Balaban J connectivity index is 1.52. The van der Waals surface area contributed by atoms with E-state index in [4.69, 9.17) is 4.74 Å². The molecule has 1 aromatic rings. The lowest BCUT2D eigenvalue weighted by Gasteiger charge is -2.37. The highest BCUT2D eigenvalue weighted by Crippen LogP contribution is 2.26. The van der Waals surface area contributed by atoms with Crippen LogP contribution in [0.25, 0.3) is 0 Å². The number of H-pyrrole nitrogens is 1. The topological polar surface area (TPSA) is 48.6 Å². The van der Waals surface area contributed by atoms with Crippen LogP contribution < -0.4 is 0 Å². The van der Waals surface area contributed by atoms with Crippen LogP contribution in [0.1, 0.15) is 44.7 Å². The van der Waals surface area contributed by atoms with E-state index in [2.05, 4.69) is 22.9 Å². The first-order chi connectivity index (χ1) is 10.8. The molecular formula is C17H27N3O2. The number of carbonyl (C=O) groups is 1. The van der Waals surface area contributed by atoms with Crippen molar-refractivity contribution in [3.05, 3.63) is 24.0 Å². The van der Waals surface area contributed by atoms with Gasteiger partial charge in [0.25, 0.3) is 0 Å². The number of unbranched alkanes of at least 4 members (excludes halogenated alkanes) is 1. The molecule has 0 spiro atoms. The van der Waals surface area contributed by atoms with E-state index in [9.17, 15) is 4.79 Å². The standard InChI is InChI=1S/C17H27N3O2/c1-2-3-6-16-13-22-17(21)20(16)15-7-10-19(11-8-15)12-14-5-4-9-18-14/h4-5,9,15-16,18H,2-3,6-8,10-13H2,1H3.